The zero-order valence-electron chi connectivity index (χ0n) is 7.81. The van der Waals surface area contributed by atoms with Gasteiger partial charge in [-0.05, 0) is 18.2 Å². The molecular formula is C9H11ClN2O2S. The second-order valence-electron chi connectivity index (χ2n) is 2.95. The van der Waals surface area contributed by atoms with Gasteiger partial charge in [0.1, 0.15) is 6.04 Å². The van der Waals surface area contributed by atoms with Crippen LogP contribution in [0.25, 0.3) is 0 Å². The molecule has 0 amide bonds. The number of hydrogen-bond acceptors (Lipinski definition) is 4. The van der Waals surface area contributed by atoms with Gasteiger partial charge in [0.05, 0.1) is 5.02 Å². The van der Waals surface area contributed by atoms with Crippen LogP contribution in [0.1, 0.15) is 0 Å². The van der Waals surface area contributed by atoms with Gasteiger partial charge >= 0.3 is 5.97 Å². The first-order valence-corrected chi connectivity index (χ1v) is 5.53. The van der Waals surface area contributed by atoms with Gasteiger partial charge in [-0.25, -0.2) is 0 Å². The van der Waals surface area contributed by atoms with Crippen LogP contribution < -0.4 is 11.5 Å². The molecule has 1 rings (SSSR count). The van der Waals surface area contributed by atoms with Crippen molar-refractivity contribution in [2.45, 2.75) is 10.9 Å². The minimum atomic E-state index is -1.03. The lowest BCUT2D eigenvalue weighted by Crippen LogP contribution is -2.32. The largest absolute Gasteiger partial charge is 0.480 e. The topological polar surface area (TPSA) is 89.3 Å². The van der Waals surface area contributed by atoms with Crippen molar-refractivity contribution in [3.63, 3.8) is 0 Å². The quantitative estimate of drug-likeness (QED) is 0.552. The molecule has 0 aliphatic carbocycles. The zero-order valence-corrected chi connectivity index (χ0v) is 9.39. The van der Waals surface area contributed by atoms with Gasteiger partial charge in [0, 0.05) is 16.3 Å². The third-order valence-corrected chi connectivity index (χ3v) is 3.31. The molecule has 6 heteroatoms. The molecule has 1 aromatic rings. The number of carboxylic acid groups (broad SMARTS) is 1. The summed E-state index contributed by atoms with van der Waals surface area (Å²) >= 11 is 7.17. The average Bonchev–Trinajstić information content (AvgIpc) is 2.18. The Hall–Kier alpha value is -0.910. The van der Waals surface area contributed by atoms with E-state index in [1.807, 2.05) is 0 Å². The highest BCUT2D eigenvalue weighted by Gasteiger charge is 2.12. The summed E-state index contributed by atoms with van der Waals surface area (Å²) in [4.78, 5) is 11.2. The third kappa shape index (κ3) is 3.62. The molecule has 0 heterocycles. The highest BCUT2D eigenvalue weighted by Crippen LogP contribution is 2.29. The lowest BCUT2D eigenvalue weighted by atomic mass is 10.3. The van der Waals surface area contributed by atoms with Crippen molar-refractivity contribution in [3.05, 3.63) is 23.2 Å². The SMILES string of the molecule is Nc1ccc(Cl)c(SCC(N)C(=O)O)c1. The van der Waals surface area contributed by atoms with E-state index in [2.05, 4.69) is 0 Å². The highest BCUT2D eigenvalue weighted by molar-refractivity contribution is 7.99. The number of nitrogen functional groups attached to an aromatic ring is 1. The smallest absolute Gasteiger partial charge is 0.321 e. The van der Waals surface area contributed by atoms with Crippen molar-refractivity contribution < 1.29 is 9.90 Å². The number of benzene rings is 1. The van der Waals surface area contributed by atoms with Gasteiger partial charge < -0.3 is 16.6 Å². The number of halogens is 1. The van der Waals surface area contributed by atoms with Gasteiger partial charge in [-0.15, -0.1) is 11.8 Å². The molecule has 0 spiro atoms. The molecule has 1 atom stereocenters. The molecule has 1 aromatic carbocycles. The van der Waals surface area contributed by atoms with Gasteiger partial charge in [-0.1, -0.05) is 11.6 Å². The Balaban J connectivity index is 2.65. The molecule has 0 aliphatic rings. The summed E-state index contributed by atoms with van der Waals surface area (Å²) in [6.07, 6.45) is 0. The standard InChI is InChI=1S/C9H11ClN2O2S/c10-6-2-1-5(11)3-8(6)15-4-7(12)9(13)14/h1-3,7H,4,11-12H2,(H,13,14). The lowest BCUT2D eigenvalue weighted by molar-refractivity contribution is -0.137. The molecule has 5 N–H and O–H groups in total. The number of anilines is 1. The predicted octanol–water partition coefficient (Wildman–Crippen LogP) is 1.43. The van der Waals surface area contributed by atoms with E-state index in [1.165, 1.54) is 11.8 Å². The Labute approximate surface area is 96.6 Å². The lowest BCUT2D eigenvalue weighted by Gasteiger charge is -2.07. The Morgan fingerprint density at radius 1 is 1.60 bits per heavy atom. The summed E-state index contributed by atoms with van der Waals surface area (Å²) in [6, 6.07) is 4.16. The van der Waals surface area contributed by atoms with E-state index in [1.54, 1.807) is 18.2 Å². The maximum absolute atomic E-state index is 10.5. The fraction of sp³-hybridized carbons (Fsp3) is 0.222. The van der Waals surface area contributed by atoms with Crippen molar-refractivity contribution in [1.82, 2.24) is 0 Å². The van der Waals surface area contributed by atoms with Crippen LogP contribution in [-0.2, 0) is 4.79 Å². The van der Waals surface area contributed by atoms with E-state index < -0.39 is 12.0 Å². The number of thioether (sulfide) groups is 1. The maximum atomic E-state index is 10.5. The van der Waals surface area contributed by atoms with E-state index in [0.29, 0.717) is 10.7 Å². The number of aliphatic carboxylic acids is 1. The normalized spacial score (nSPS) is 12.4. The molecule has 15 heavy (non-hydrogen) atoms. The molecule has 4 nitrogen and oxygen atoms in total. The van der Waals surface area contributed by atoms with Crippen LogP contribution in [0.2, 0.25) is 5.02 Å². The number of rotatable bonds is 4. The minimum Gasteiger partial charge on any atom is -0.480 e. The van der Waals surface area contributed by atoms with Crippen molar-refractivity contribution in [2.75, 3.05) is 11.5 Å². The summed E-state index contributed by atoms with van der Waals surface area (Å²) < 4.78 is 0. The second-order valence-corrected chi connectivity index (χ2v) is 4.41. The van der Waals surface area contributed by atoms with Crippen LogP contribution in [0.15, 0.2) is 23.1 Å². The van der Waals surface area contributed by atoms with Crippen LogP contribution in [0, 0.1) is 0 Å². The number of hydrogen-bond donors (Lipinski definition) is 3. The molecule has 82 valence electrons. The summed E-state index contributed by atoms with van der Waals surface area (Å²) in [5.74, 6) is -0.763. The fourth-order valence-corrected chi connectivity index (χ4v) is 2.09. The summed E-state index contributed by atoms with van der Waals surface area (Å²) in [6.45, 7) is 0. The van der Waals surface area contributed by atoms with Crippen molar-refractivity contribution >= 4 is 35.0 Å². The van der Waals surface area contributed by atoms with Crippen LogP contribution in [0.4, 0.5) is 5.69 Å². The summed E-state index contributed by atoms with van der Waals surface area (Å²) in [7, 11) is 0. The number of carboxylic acids is 1. The Kier molecular flexibility index (Phi) is 4.26. The van der Waals surface area contributed by atoms with Gasteiger partial charge in [-0.2, -0.15) is 0 Å². The molecular weight excluding hydrogens is 236 g/mol. The Bertz CT molecular complexity index is 373. The Morgan fingerprint density at radius 2 is 2.27 bits per heavy atom. The summed E-state index contributed by atoms with van der Waals surface area (Å²) in [5, 5.41) is 9.14. The van der Waals surface area contributed by atoms with Crippen LogP contribution in [-0.4, -0.2) is 22.9 Å². The van der Waals surface area contributed by atoms with E-state index in [0.717, 1.165) is 4.90 Å². The van der Waals surface area contributed by atoms with E-state index >= 15 is 0 Å². The van der Waals surface area contributed by atoms with Crippen molar-refractivity contribution in [3.8, 4) is 0 Å². The van der Waals surface area contributed by atoms with Crippen molar-refractivity contribution in [1.29, 1.82) is 0 Å². The van der Waals surface area contributed by atoms with E-state index in [4.69, 9.17) is 28.2 Å². The maximum Gasteiger partial charge on any atom is 0.321 e. The van der Waals surface area contributed by atoms with Crippen molar-refractivity contribution in [2.24, 2.45) is 5.73 Å². The van der Waals surface area contributed by atoms with Gasteiger partial charge in [0.2, 0.25) is 0 Å². The second kappa shape index (κ2) is 5.25. The fourth-order valence-electron chi connectivity index (χ4n) is 0.881. The van der Waals surface area contributed by atoms with Gasteiger partial charge in [0.15, 0.2) is 0 Å². The highest BCUT2D eigenvalue weighted by atomic mass is 35.5. The molecule has 0 bridgehead atoms. The zero-order chi connectivity index (χ0) is 11.4. The Morgan fingerprint density at radius 3 is 2.87 bits per heavy atom. The first-order chi connectivity index (χ1) is 7.00. The van der Waals surface area contributed by atoms with E-state index in [9.17, 15) is 4.79 Å². The third-order valence-electron chi connectivity index (χ3n) is 1.69. The molecule has 0 aliphatic heterocycles. The minimum absolute atomic E-state index is 0.262. The molecule has 1 unspecified atom stereocenters. The molecule has 0 saturated heterocycles. The van der Waals surface area contributed by atoms with E-state index in [-0.39, 0.29) is 5.75 Å². The molecule has 0 aromatic heterocycles. The molecule has 0 radical (unpaired) electrons. The van der Waals surface area contributed by atoms with Gasteiger partial charge in [0.25, 0.3) is 0 Å². The van der Waals surface area contributed by atoms with Crippen LogP contribution >= 0.6 is 23.4 Å². The monoisotopic (exact) mass is 246 g/mol. The first kappa shape index (κ1) is 12.2. The number of nitrogens with two attached hydrogens (primary N) is 2. The summed E-state index contributed by atoms with van der Waals surface area (Å²) in [5.41, 5.74) is 11.5. The first-order valence-electron chi connectivity index (χ1n) is 4.17. The van der Waals surface area contributed by atoms with Crippen LogP contribution in [0.5, 0.6) is 0 Å². The molecule has 0 fully saturated rings. The van der Waals surface area contributed by atoms with Crippen LogP contribution in [0.3, 0.4) is 0 Å². The van der Waals surface area contributed by atoms with Gasteiger partial charge in [-0.3, -0.25) is 4.79 Å². The predicted molar refractivity (Wildman–Crippen MR) is 62.2 cm³/mol. The molecule has 0 saturated carbocycles. The number of carbonyl (C=O) groups is 1. The average molecular weight is 247 g/mol.